The average Bonchev–Trinajstić information content (AvgIpc) is 2.67. The minimum absolute atomic E-state index is 0.0266. The van der Waals surface area contributed by atoms with Gasteiger partial charge in [0.2, 0.25) is 0 Å². The number of carbonyl (C=O) groups is 1. The van der Waals surface area contributed by atoms with Gasteiger partial charge in [-0.2, -0.15) is 0 Å². The van der Waals surface area contributed by atoms with Crippen LogP contribution in [0.1, 0.15) is 16.8 Å². The van der Waals surface area contributed by atoms with Crippen LogP contribution in [0, 0.1) is 0 Å². The van der Waals surface area contributed by atoms with Crippen molar-refractivity contribution >= 4 is 29.1 Å². The summed E-state index contributed by atoms with van der Waals surface area (Å²) < 4.78 is 0. The summed E-state index contributed by atoms with van der Waals surface area (Å²) in [6, 6.07) is 4.53. The van der Waals surface area contributed by atoms with Crippen molar-refractivity contribution in [3.05, 3.63) is 28.8 Å². The van der Waals surface area contributed by atoms with Crippen molar-refractivity contribution in [2.45, 2.75) is 6.42 Å². The molecule has 1 fully saturated rings. The minimum Gasteiger partial charge on any atom is -0.507 e. The van der Waals surface area contributed by atoms with Gasteiger partial charge in [-0.3, -0.25) is 4.79 Å². The first-order valence-electron chi connectivity index (χ1n) is 6.68. The number of hydrogen-bond acceptors (Lipinski definition) is 3. The van der Waals surface area contributed by atoms with Gasteiger partial charge in [-0.05, 0) is 31.2 Å². The molecule has 0 aromatic heterocycles. The Labute approximate surface area is 128 Å². The first-order valence-corrected chi connectivity index (χ1v) is 7.59. The van der Waals surface area contributed by atoms with Crippen LogP contribution >= 0.6 is 23.2 Å². The number of rotatable bonds is 3. The lowest BCUT2D eigenvalue weighted by atomic mass is 10.1. The normalized spacial score (nSPS) is 17.0. The van der Waals surface area contributed by atoms with Crippen molar-refractivity contribution in [2.24, 2.45) is 0 Å². The van der Waals surface area contributed by atoms with E-state index in [0.717, 1.165) is 26.1 Å². The van der Waals surface area contributed by atoms with Crippen molar-refractivity contribution in [2.75, 3.05) is 38.6 Å². The van der Waals surface area contributed by atoms with Crippen LogP contribution in [0.4, 0.5) is 0 Å². The Hall–Kier alpha value is -0.970. The number of halogens is 2. The summed E-state index contributed by atoms with van der Waals surface area (Å²) >= 11 is 11.6. The van der Waals surface area contributed by atoms with Gasteiger partial charge in [0, 0.05) is 37.1 Å². The number of benzene rings is 1. The maximum Gasteiger partial charge on any atom is 0.257 e. The van der Waals surface area contributed by atoms with Crippen LogP contribution < -0.4 is 0 Å². The molecule has 0 aliphatic carbocycles. The van der Waals surface area contributed by atoms with Crippen LogP contribution in [0.5, 0.6) is 5.75 Å². The molecule has 1 N–H and O–H groups in total. The van der Waals surface area contributed by atoms with Crippen LogP contribution in [-0.2, 0) is 0 Å². The van der Waals surface area contributed by atoms with Crippen molar-refractivity contribution in [1.82, 2.24) is 9.80 Å². The summed E-state index contributed by atoms with van der Waals surface area (Å²) in [5, 5.41) is 10.3. The van der Waals surface area contributed by atoms with Gasteiger partial charge in [-0.15, -0.1) is 11.6 Å². The number of phenols is 1. The molecule has 0 spiro atoms. The molecule has 20 heavy (non-hydrogen) atoms. The van der Waals surface area contributed by atoms with Gasteiger partial charge < -0.3 is 14.9 Å². The number of nitrogens with zero attached hydrogens (tertiary/aromatic N) is 2. The first-order chi connectivity index (χ1) is 9.61. The highest BCUT2D eigenvalue weighted by atomic mass is 35.5. The third-order valence-corrected chi connectivity index (χ3v) is 3.87. The van der Waals surface area contributed by atoms with E-state index in [2.05, 4.69) is 4.90 Å². The number of phenolic OH excluding ortho intramolecular Hbond substituents is 1. The summed E-state index contributed by atoms with van der Waals surface area (Å²) in [6.45, 7) is 3.91. The quantitative estimate of drug-likeness (QED) is 0.871. The predicted octanol–water partition coefficient (Wildman–Crippen LogP) is 2.43. The zero-order valence-corrected chi connectivity index (χ0v) is 12.7. The Morgan fingerprint density at radius 2 is 2.05 bits per heavy atom. The highest BCUT2D eigenvalue weighted by Crippen LogP contribution is 2.23. The fraction of sp³-hybridized carbons (Fsp3) is 0.500. The maximum absolute atomic E-state index is 12.5. The molecule has 1 saturated heterocycles. The van der Waals surface area contributed by atoms with E-state index in [-0.39, 0.29) is 17.2 Å². The first kappa shape index (κ1) is 15.4. The van der Waals surface area contributed by atoms with Crippen molar-refractivity contribution < 1.29 is 9.90 Å². The van der Waals surface area contributed by atoms with Gasteiger partial charge in [0.05, 0.1) is 5.56 Å². The fourth-order valence-electron chi connectivity index (χ4n) is 2.37. The summed E-state index contributed by atoms with van der Waals surface area (Å²) in [5.74, 6) is 0.405. The number of amides is 1. The maximum atomic E-state index is 12.5. The molecule has 0 saturated carbocycles. The van der Waals surface area contributed by atoms with Crippen LogP contribution in [0.2, 0.25) is 5.02 Å². The molecule has 1 aromatic carbocycles. The highest BCUT2D eigenvalue weighted by Gasteiger charge is 2.22. The topological polar surface area (TPSA) is 43.8 Å². The Bertz CT molecular complexity index is 482. The zero-order valence-electron chi connectivity index (χ0n) is 11.2. The van der Waals surface area contributed by atoms with Gasteiger partial charge in [-0.25, -0.2) is 0 Å². The smallest absolute Gasteiger partial charge is 0.257 e. The lowest BCUT2D eigenvalue weighted by molar-refractivity contribution is 0.0759. The predicted molar refractivity (Wildman–Crippen MR) is 80.8 cm³/mol. The molecule has 0 unspecified atom stereocenters. The highest BCUT2D eigenvalue weighted by molar-refractivity contribution is 6.31. The molecular weight excluding hydrogens is 299 g/mol. The van der Waals surface area contributed by atoms with Crippen molar-refractivity contribution in [1.29, 1.82) is 0 Å². The Kier molecular flexibility index (Phi) is 5.52. The SMILES string of the molecule is O=C(c1cc(Cl)ccc1O)N1CCCN(CCCl)CC1. The third-order valence-electron chi connectivity index (χ3n) is 3.47. The van der Waals surface area contributed by atoms with E-state index in [1.54, 1.807) is 11.0 Å². The second-order valence-electron chi connectivity index (χ2n) is 4.84. The van der Waals surface area contributed by atoms with Gasteiger partial charge in [0.15, 0.2) is 0 Å². The lowest BCUT2D eigenvalue weighted by Gasteiger charge is -2.22. The van der Waals surface area contributed by atoms with Crippen LogP contribution in [-0.4, -0.2) is 59.4 Å². The van der Waals surface area contributed by atoms with E-state index >= 15 is 0 Å². The molecule has 1 heterocycles. The lowest BCUT2D eigenvalue weighted by Crippen LogP contribution is -2.35. The second-order valence-corrected chi connectivity index (χ2v) is 5.65. The van der Waals surface area contributed by atoms with E-state index in [9.17, 15) is 9.90 Å². The van der Waals surface area contributed by atoms with Gasteiger partial charge in [0.25, 0.3) is 5.91 Å². The standard InChI is InChI=1S/C14H18Cl2N2O2/c15-4-7-17-5-1-6-18(9-8-17)14(20)12-10-11(16)2-3-13(12)19/h2-3,10,19H,1,4-9H2. The molecular formula is C14H18Cl2N2O2. The van der Waals surface area contributed by atoms with E-state index < -0.39 is 0 Å². The summed E-state index contributed by atoms with van der Waals surface area (Å²) in [4.78, 5) is 16.5. The van der Waals surface area contributed by atoms with Crippen molar-refractivity contribution in [3.8, 4) is 5.75 Å². The number of alkyl halides is 1. The molecule has 2 rings (SSSR count). The van der Waals surface area contributed by atoms with E-state index in [4.69, 9.17) is 23.2 Å². The molecule has 1 aliphatic heterocycles. The molecule has 6 heteroatoms. The Morgan fingerprint density at radius 1 is 1.25 bits per heavy atom. The van der Waals surface area contributed by atoms with Crippen molar-refractivity contribution in [3.63, 3.8) is 0 Å². The summed E-state index contributed by atoms with van der Waals surface area (Å²) in [7, 11) is 0. The van der Waals surface area contributed by atoms with Crippen LogP contribution in [0.3, 0.4) is 0 Å². The van der Waals surface area contributed by atoms with E-state index in [0.29, 0.717) is 24.0 Å². The molecule has 0 radical (unpaired) electrons. The molecule has 1 aliphatic rings. The Balaban J connectivity index is 2.07. The summed E-state index contributed by atoms with van der Waals surface area (Å²) in [5.41, 5.74) is 0.267. The summed E-state index contributed by atoms with van der Waals surface area (Å²) in [6.07, 6.45) is 0.907. The monoisotopic (exact) mass is 316 g/mol. The van der Waals surface area contributed by atoms with Crippen LogP contribution in [0.15, 0.2) is 18.2 Å². The Morgan fingerprint density at radius 3 is 2.80 bits per heavy atom. The minimum atomic E-state index is -0.169. The number of carbonyl (C=O) groups excluding carboxylic acids is 1. The average molecular weight is 317 g/mol. The second kappa shape index (κ2) is 7.16. The number of hydrogen-bond donors (Lipinski definition) is 1. The molecule has 0 atom stereocenters. The zero-order chi connectivity index (χ0) is 14.5. The third kappa shape index (κ3) is 3.78. The van der Waals surface area contributed by atoms with E-state index in [1.165, 1.54) is 12.1 Å². The fourth-order valence-corrected chi connectivity index (χ4v) is 2.78. The van der Waals surface area contributed by atoms with Crippen LogP contribution in [0.25, 0.3) is 0 Å². The molecule has 1 aromatic rings. The van der Waals surface area contributed by atoms with Gasteiger partial charge >= 0.3 is 0 Å². The largest absolute Gasteiger partial charge is 0.507 e. The molecule has 1 amide bonds. The molecule has 4 nitrogen and oxygen atoms in total. The molecule has 110 valence electrons. The van der Waals surface area contributed by atoms with Gasteiger partial charge in [-0.1, -0.05) is 11.6 Å². The van der Waals surface area contributed by atoms with E-state index in [1.807, 2.05) is 0 Å². The van der Waals surface area contributed by atoms with Gasteiger partial charge in [0.1, 0.15) is 5.75 Å². The number of aromatic hydroxyl groups is 1. The molecule has 0 bridgehead atoms.